The van der Waals surface area contributed by atoms with Crippen molar-refractivity contribution >= 4 is 17.5 Å². The van der Waals surface area contributed by atoms with Gasteiger partial charge in [0.05, 0.1) is 16.9 Å². The van der Waals surface area contributed by atoms with Crippen molar-refractivity contribution < 1.29 is 9.90 Å². The van der Waals surface area contributed by atoms with Crippen LogP contribution in [-0.4, -0.2) is 49.2 Å². The van der Waals surface area contributed by atoms with E-state index < -0.39 is 5.60 Å². The zero-order valence-corrected chi connectivity index (χ0v) is 17.1. The summed E-state index contributed by atoms with van der Waals surface area (Å²) in [6.45, 7) is 4.86. The first-order valence-electron chi connectivity index (χ1n) is 9.50. The lowest BCUT2D eigenvalue weighted by molar-refractivity contribution is -0.0211. The number of halogens is 1. The largest absolute Gasteiger partial charge is 0.385 e. The zero-order chi connectivity index (χ0) is 20.6. The Morgan fingerprint density at radius 2 is 1.79 bits per heavy atom. The Morgan fingerprint density at radius 1 is 1.10 bits per heavy atom. The fourth-order valence-corrected chi connectivity index (χ4v) is 3.96. The van der Waals surface area contributed by atoms with Crippen molar-refractivity contribution in [3.05, 3.63) is 70.0 Å². The summed E-state index contributed by atoms with van der Waals surface area (Å²) in [5, 5.41) is 23.1. The van der Waals surface area contributed by atoms with Gasteiger partial charge in [-0.15, -0.1) is 5.10 Å². The average Bonchev–Trinajstić information content (AvgIpc) is 3.25. The Labute approximate surface area is 173 Å². The summed E-state index contributed by atoms with van der Waals surface area (Å²) in [6, 6.07) is 11.0. The Hall–Kier alpha value is -2.77. The van der Waals surface area contributed by atoms with Crippen molar-refractivity contribution in [2.75, 3.05) is 13.1 Å². The molecular formula is C21H22ClN5O2. The maximum atomic E-state index is 13.3. The minimum Gasteiger partial charge on any atom is -0.385 e. The van der Waals surface area contributed by atoms with Crippen LogP contribution in [0.25, 0.3) is 5.69 Å². The highest BCUT2D eigenvalue weighted by Gasteiger charge is 2.36. The zero-order valence-electron chi connectivity index (χ0n) is 16.3. The van der Waals surface area contributed by atoms with Gasteiger partial charge in [0.25, 0.3) is 5.91 Å². The van der Waals surface area contributed by atoms with E-state index in [1.54, 1.807) is 17.0 Å². The molecule has 150 valence electrons. The molecule has 0 radical (unpaired) electrons. The predicted molar refractivity (Wildman–Crippen MR) is 109 cm³/mol. The lowest BCUT2D eigenvalue weighted by Gasteiger charge is -2.38. The second-order valence-electron chi connectivity index (χ2n) is 7.49. The van der Waals surface area contributed by atoms with Gasteiger partial charge in [-0.05, 0) is 72.0 Å². The molecule has 1 aliphatic heterocycles. The van der Waals surface area contributed by atoms with E-state index in [0.717, 1.165) is 16.7 Å². The van der Waals surface area contributed by atoms with Crippen LogP contribution in [0.15, 0.2) is 42.7 Å². The van der Waals surface area contributed by atoms with Gasteiger partial charge in [0.15, 0.2) is 0 Å². The molecule has 1 aromatic heterocycles. The van der Waals surface area contributed by atoms with Gasteiger partial charge < -0.3 is 10.0 Å². The monoisotopic (exact) mass is 411 g/mol. The molecule has 1 fully saturated rings. The number of nitrogens with zero attached hydrogens (tertiary/aromatic N) is 5. The summed E-state index contributed by atoms with van der Waals surface area (Å²) >= 11 is 5.96. The van der Waals surface area contributed by atoms with E-state index in [2.05, 4.69) is 15.5 Å². The summed E-state index contributed by atoms with van der Waals surface area (Å²) in [5.41, 5.74) is 3.13. The quantitative estimate of drug-likeness (QED) is 0.716. The minimum absolute atomic E-state index is 0.0863. The highest BCUT2D eigenvalue weighted by Crippen LogP contribution is 2.34. The van der Waals surface area contributed by atoms with Crippen molar-refractivity contribution in [1.29, 1.82) is 0 Å². The molecular weight excluding hydrogens is 390 g/mol. The maximum Gasteiger partial charge on any atom is 0.256 e. The van der Waals surface area contributed by atoms with Crippen molar-refractivity contribution in [3.8, 4) is 5.69 Å². The molecule has 8 heteroatoms. The van der Waals surface area contributed by atoms with Crippen LogP contribution in [0.2, 0.25) is 5.02 Å². The second kappa shape index (κ2) is 7.57. The van der Waals surface area contributed by atoms with Gasteiger partial charge >= 0.3 is 0 Å². The van der Waals surface area contributed by atoms with Crippen LogP contribution < -0.4 is 0 Å². The van der Waals surface area contributed by atoms with Gasteiger partial charge in [0, 0.05) is 18.1 Å². The van der Waals surface area contributed by atoms with E-state index >= 15 is 0 Å². The first-order chi connectivity index (χ1) is 13.9. The van der Waals surface area contributed by atoms with E-state index in [1.165, 1.54) is 11.0 Å². The fraction of sp³-hybridized carbons (Fsp3) is 0.333. The lowest BCUT2D eigenvalue weighted by Crippen LogP contribution is -2.45. The molecule has 0 spiro atoms. The Balaban J connectivity index is 1.58. The van der Waals surface area contributed by atoms with E-state index in [-0.39, 0.29) is 5.91 Å². The summed E-state index contributed by atoms with van der Waals surface area (Å²) in [5.74, 6) is -0.0863. The summed E-state index contributed by atoms with van der Waals surface area (Å²) in [6.07, 6.45) is 2.42. The number of rotatable bonds is 3. The van der Waals surface area contributed by atoms with Crippen LogP contribution in [0, 0.1) is 13.8 Å². The standard InChI is InChI=1S/C21H22ClN5O2/c1-14-3-8-18(19(15(14)2)27-13-23-24-25-27)20(28)26-11-9-21(29,10-12-26)16-4-6-17(22)7-5-16/h3-8,13,29H,9-12H2,1-2H3. The smallest absolute Gasteiger partial charge is 0.256 e. The number of amides is 1. The fourth-order valence-electron chi connectivity index (χ4n) is 3.83. The molecule has 0 atom stereocenters. The molecule has 0 bridgehead atoms. The van der Waals surface area contributed by atoms with Gasteiger partial charge in [0.2, 0.25) is 0 Å². The maximum absolute atomic E-state index is 13.3. The molecule has 3 aromatic rings. The number of benzene rings is 2. The number of aliphatic hydroxyl groups is 1. The topological polar surface area (TPSA) is 84.1 Å². The van der Waals surface area contributed by atoms with Gasteiger partial charge in [-0.25, -0.2) is 0 Å². The number of piperidine rings is 1. The molecule has 1 saturated heterocycles. The van der Waals surface area contributed by atoms with Gasteiger partial charge in [-0.1, -0.05) is 29.8 Å². The van der Waals surface area contributed by atoms with Crippen LogP contribution in [0.1, 0.15) is 39.9 Å². The van der Waals surface area contributed by atoms with Gasteiger partial charge in [0.1, 0.15) is 6.33 Å². The highest BCUT2D eigenvalue weighted by atomic mass is 35.5. The predicted octanol–water partition coefficient (Wildman–Crippen LogP) is 3.06. The van der Waals surface area contributed by atoms with Crippen LogP contribution in [-0.2, 0) is 5.60 Å². The molecule has 1 aliphatic rings. The average molecular weight is 412 g/mol. The van der Waals surface area contributed by atoms with Crippen molar-refractivity contribution in [2.45, 2.75) is 32.3 Å². The summed E-state index contributed by atoms with van der Waals surface area (Å²) in [4.78, 5) is 15.1. The van der Waals surface area contributed by atoms with Crippen LogP contribution in [0.3, 0.4) is 0 Å². The van der Waals surface area contributed by atoms with Crippen LogP contribution >= 0.6 is 11.6 Å². The molecule has 2 aromatic carbocycles. The second-order valence-corrected chi connectivity index (χ2v) is 7.93. The number of hydrogen-bond acceptors (Lipinski definition) is 5. The molecule has 7 nitrogen and oxygen atoms in total. The van der Waals surface area contributed by atoms with Crippen molar-refractivity contribution in [1.82, 2.24) is 25.1 Å². The first kappa shape index (κ1) is 19.5. The summed E-state index contributed by atoms with van der Waals surface area (Å²) in [7, 11) is 0. The number of aromatic nitrogens is 4. The van der Waals surface area contributed by atoms with Crippen molar-refractivity contribution in [3.63, 3.8) is 0 Å². The van der Waals surface area contributed by atoms with E-state index in [9.17, 15) is 9.90 Å². The van der Waals surface area contributed by atoms with E-state index in [4.69, 9.17) is 11.6 Å². The van der Waals surface area contributed by atoms with Crippen LogP contribution in [0.4, 0.5) is 0 Å². The molecule has 1 N–H and O–H groups in total. The highest BCUT2D eigenvalue weighted by molar-refractivity contribution is 6.30. The van der Waals surface area contributed by atoms with E-state index in [0.29, 0.717) is 42.2 Å². The number of aryl methyl sites for hydroxylation is 1. The number of carbonyl (C=O) groups is 1. The number of likely N-dealkylation sites (tertiary alicyclic amines) is 1. The number of hydrogen-bond donors (Lipinski definition) is 1. The normalized spacial score (nSPS) is 16.1. The number of tetrazole rings is 1. The molecule has 4 rings (SSSR count). The third-order valence-electron chi connectivity index (χ3n) is 5.77. The Kier molecular flexibility index (Phi) is 5.10. The summed E-state index contributed by atoms with van der Waals surface area (Å²) < 4.78 is 1.53. The van der Waals surface area contributed by atoms with Crippen LogP contribution in [0.5, 0.6) is 0 Å². The van der Waals surface area contributed by atoms with Crippen molar-refractivity contribution in [2.24, 2.45) is 0 Å². The van der Waals surface area contributed by atoms with Gasteiger partial charge in [-0.2, -0.15) is 4.68 Å². The molecule has 29 heavy (non-hydrogen) atoms. The van der Waals surface area contributed by atoms with E-state index in [1.807, 2.05) is 38.1 Å². The molecule has 0 saturated carbocycles. The molecule has 0 aliphatic carbocycles. The Morgan fingerprint density at radius 3 is 2.41 bits per heavy atom. The van der Waals surface area contributed by atoms with Gasteiger partial charge in [-0.3, -0.25) is 4.79 Å². The molecule has 1 amide bonds. The Bertz CT molecular complexity index is 1030. The first-order valence-corrected chi connectivity index (χ1v) is 9.88. The third kappa shape index (κ3) is 3.63. The molecule has 2 heterocycles. The third-order valence-corrected chi connectivity index (χ3v) is 6.02. The lowest BCUT2D eigenvalue weighted by atomic mass is 9.84. The minimum atomic E-state index is -0.955. The number of carbonyl (C=O) groups excluding carboxylic acids is 1. The SMILES string of the molecule is Cc1ccc(C(=O)N2CCC(O)(c3ccc(Cl)cc3)CC2)c(-n2cnnn2)c1C. The molecule has 0 unspecified atom stereocenters.